The molecule has 2 atom stereocenters. The Balaban J connectivity index is 1.53. The molecule has 0 radical (unpaired) electrons. The van der Waals surface area contributed by atoms with Gasteiger partial charge in [-0.3, -0.25) is 9.69 Å². The lowest BCUT2D eigenvalue weighted by atomic mass is 9.94. The number of nitrogens with zero attached hydrogens (tertiary/aromatic N) is 2. The predicted molar refractivity (Wildman–Crippen MR) is 141 cm³/mol. The Bertz CT molecular complexity index is 1210. The molecule has 1 aromatic carbocycles. The van der Waals surface area contributed by atoms with E-state index in [9.17, 15) is 18.0 Å². The van der Waals surface area contributed by atoms with Crippen LogP contribution in [0.2, 0.25) is 0 Å². The summed E-state index contributed by atoms with van der Waals surface area (Å²) in [5.74, 6) is -0.238. The largest absolute Gasteiger partial charge is 0.465 e. The first-order chi connectivity index (χ1) is 17.1. The number of hydrogen-bond donors (Lipinski definition) is 1. The number of esters is 1. The Labute approximate surface area is 217 Å². The smallest absolute Gasteiger partial charge is 0.341 e. The first kappa shape index (κ1) is 26.8. The molecule has 2 unspecified atom stereocenters. The summed E-state index contributed by atoms with van der Waals surface area (Å²) in [5, 5.41) is 3.35. The Morgan fingerprint density at radius 3 is 2.42 bits per heavy atom. The van der Waals surface area contributed by atoms with E-state index in [1.807, 2.05) is 0 Å². The molecule has 1 saturated heterocycles. The molecule has 1 fully saturated rings. The topological polar surface area (TPSA) is 96.0 Å². The van der Waals surface area contributed by atoms with E-state index in [0.717, 1.165) is 49.3 Å². The van der Waals surface area contributed by atoms with Crippen molar-refractivity contribution in [3.8, 4) is 0 Å². The molecule has 10 heteroatoms. The van der Waals surface area contributed by atoms with Crippen molar-refractivity contribution in [2.75, 3.05) is 38.6 Å². The van der Waals surface area contributed by atoms with Crippen molar-refractivity contribution in [3.05, 3.63) is 45.8 Å². The molecule has 0 bridgehead atoms. The van der Waals surface area contributed by atoms with Gasteiger partial charge in [0.05, 0.1) is 17.6 Å². The van der Waals surface area contributed by atoms with Gasteiger partial charge in [0, 0.05) is 36.6 Å². The van der Waals surface area contributed by atoms with Gasteiger partial charge in [0.2, 0.25) is 10.0 Å². The molecule has 2 aromatic rings. The Hall–Kier alpha value is -2.27. The van der Waals surface area contributed by atoms with Crippen LogP contribution < -0.4 is 5.32 Å². The molecule has 8 nitrogen and oxygen atoms in total. The number of sulfonamides is 1. The highest BCUT2D eigenvalue weighted by molar-refractivity contribution is 7.89. The lowest BCUT2D eigenvalue weighted by Crippen LogP contribution is -2.42. The van der Waals surface area contributed by atoms with Crippen LogP contribution in [0.3, 0.4) is 0 Å². The molecule has 36 heavy (non-hydrogen) atoms. The lowest BCUT2D eigenvalue weighted by Gasteiger charge is -2.34. The summed E-state index contributed by atoms with van der Waals surface area (Å²) in [5.41, 5.74) is 1.69. The van der Waals surface area contributed by atoms with Crippen LogP contribution in [0.25, 0.3) is 0 Å². The molecule has 2 aliphatic heterocycles. The van der Waals surface area contributed by atoms with Crippen molar-refractivity contribution in [2.45, 2.75) is 51.5 Å². The Morgan fingerprint density at radius 1 is 1.14 bits per heavy atom. The van der Waals surface area contributed by atoms with Crippen LogP contribution in [0.15, 0.2) is 29.2 Å². The maximum atomic E-state index is 13.2. The van der Waals surface area contributed by atoms with E-state index in [4.69, 9.17) is 4.74 Å². The molecule has 1 N–H and O–H groups in total. The number of amides is 1. The first-order valence-electron chi connectivity index (χ1n) is 12.5. The molecule has 1 aromatic heterocycles. The number of hydrogen-bond acceptors (Lipinski definition) is 7. The van der Waals surface area contributed by atoms with Gasteiger partial charge in [-0.15, -0.1) is 11.3 Å². The van der Waals surface area contributed by atoms with Crippen LogP contribution in [-0.4, -0.2) is 62.8 Å². The van der Waals surface area contributed by atoms with Crippen molar-refractivity contribution >= 4 is 38.2 Å². The molecule has 3 heterocycles. The van der Waals surface area contributed by atoms with E-state index < -0.39 is 21.9 Å². The second-order valence-electron chi connectivity index (χ2n) is 9.97. The molecule has 0 spiro atoms. The van der Waals surface area contributed by atoms with Crippen LogP contribution in [-0.2, 0) is 27.7 Å². The Kier molecular flexibility index (Phi) is 8.18. The van der Waals surface area contributed by atoms with E-state index in [1.54, 1.807) is 4.31 Å². The van der Waals surface area contributed by atoms with Crippen molar-refractivity contribution in [1.82, 2.24) is 9.21 Å². The van der Waals surface area contributed by atoms with Crippen molar-refractivity contribution < 1.29 is 22.7 Å². The fourth-order valence-electron chi connectivity index (χ4n) is 5.27. The number of nitrogens with one attached hydrogen (secondary N) is 1. The molecule has 196 valence electrons. The van der Waals surface area contributed by atoms with Gasteiger partial charge in [0.15, 0.2) is 0 Å². The van der Waals surface area contributed by atoms with Crippen molar-refractivity contribution in [1.29, 1.82) is 0 Å². The predicted octanol–water partition coefficient (Wildman–Crippen LogP) is 4.22. The number of carbonyl (C=O) groups excluding carboxylic acids is 2. The zero-order chi connectivity index (χ0) is 26.0. The minimum Gasteiger partial charge on any atom is -0.465 e. The summed E-state index contributed by atoms with van der Waals surface area (Å²) in [7, 11) is -2.28. The van der Waals surface area contributed by atoms with Gasteiger partial charge in [-0.2, -0.15) is 4.31 Å². The van der Waals surface area contributed by atoms with Crippen LogP contribution in [0, 0.1) is 11.8 Å². The van der Waals surface area contributed by atoms with Gasteiger partial charge < -0.3 is 10.1 Å². The van der Waals surface area contributed by atoms with E-state index in [0.29, 0.717) is 41.1 Å². The van der Waals surface area contributed by atoms with Gasteiger partial charge in [0.25, 0.3) is 5.91 Å². The second kappa shape index (κ2) is 11.0. The fourth-order valence-corrected chi connectivity index (χ4v) is 8.23. The Morgan fingerprint density at radius 2 is 1.81 bits per heavy atom. The second-order valence-corrected chi connectivity index (χ2v) is 13.0. The SMILES string of the molecule is CCCN1CCc2c(sc(NC(=O)c3ccc(S(=O)(=O)N4CC(C)CC(C)C4)cc3)c2C(=O)OC)C1. The minimum atomic E-state index is -3.62. The molecular formula is C26H35N3O5S2. The summed E-state index contributed by atoms with van der Waals surface area (Å²) < 4.78 is 32.9. The lowest BCUT2D eigenvalue weighted by molar-refractivity contribution is 0.0600. The van der Waals surface area contributed by atoms with Gasteiger partial charge in [-0.1, -0.05) is 20.8 Å². The van der Waals surface area contributed by atoms with Gasteiger partial charge in [-0.25, -0.2) is 13.2 Å². The third-order valence-corrected chi connectivity index (χ3v) is 9.86. The van der Waals surface area contributed by atoms with Crippen molar-refractivity contribution in [3.63, 3.8) is 0 Å². The van der Waals surface area contributed by atoms with Gasteiger partial charge in [0.1, 0.15) is 5.00 Å². The quantitative estimate of drug-likeness (QED) is 0.536. The number of piperidine rings is 1. The first-order valence-corrected chi connectivity index (χ1v) is 14.8. The molecular weight excluding hydrogens is 498 g/mol. The number of ether oxygens (including phenoxy) is 1. The number of rotatable bonds is 7. The zero-order valence-electron chi connectivity index (χ0n) is 21.4. The highest BCUT2D eigenvalue weighted by atomic mass is 32.2. The summed E-state index contributed by atoms with van der Waals surface area (Å²) >= 11 is 1.41. The number of thiophene rings is 1. The number of anilines is 1. The van der Waals surface area contributed by atoms with Crippen LogP contribution in [0.5, 0.6) is 0 Å². The third-order valence-electron chi connectivity index (χ3n) is 6.88. The molecule has 4 rings (SSSR count). The third kappa shape index (κ3) is 5.51. The van der Waals surface area contributed by atoms with Gasteiger partial charge >= 0.3 is 5.97 Å². The van der Waals surface area contributed by atoms with E-state index in [2.05, 4.69) is 31.0 Å². The molecule has 0 aliphatic carbocycles. The maximum absolute atomic E-state index is 13.2. The van der Waals surface area contributed by atoms with Crippen LogP contribution >= 0.6 is 11.3 Å². The average Bonchev–Trinajstić information content (AvgIpc) is 3.20. The standard InChI is InChI=1S/C26H35N3O5S2/c1-5-11-28-12-10-21-22(16-28)35-25(23(21)26(31)34-4)27-24(30)19-6-8-20(9-7-19)36(32,33)29-14-17(2)13-18(3)15-29/h6-9,17-18H,5,10-16H2,1-4H3,(H,27,30). The van der Waals surface area contributed by atoms with E-state index >= 15 is 0 Å². The zero-order valence-corrected chi connectivity index (χ0v) is 23.0. The summed E-state index contributed by atoms with van der Waals surface area (Å²) in [6.45, 7) is 9.87. The molecule has 1 amide bonds. The summed E-state index contributed by atoms with van der Waals surface area (Å²) in [6, 6.07) is 6.01. The fraction of sp³-hybridized carbons (Fsp3) is 0.538. The minimum absolute atomic E-state index is 0.179. The van der Waals surface area contributed by atoms with E-state index in [1.165, 1.54) is 42.7 Å². The number of benzene rings is 1. The van der Waals surface area contributed by atoms with E-state index in [-0.39, 0.29) is 4.90 Å². The van der Waals surface area contributed by atoms with Crippen molar-refractivity contribution in [2.24, 2.45) is 11.8 Å². The maximum Gasteiger partial charge on any atom is 0.341 e. The molecule has 2 aliphatic rings. The molecule has 0 saturated carbocycles. The average molecular weight is 534 g/mol. The summed E-state index contributed by atoms with van der Waals surface area (Å²) in [4.78, 5) is 29.3. The van der Waals surface area contributed by atoms with Crippen LogP contribution in [0.4, 0.5) is 5.00 Å². The highest BCUT2D eigenvalue weighted by Gasteiger charge is 2.32. The van der Waals surface area contributed by atoms with Gasteiger partial charge in [-0.05, 0) is 67.5 Å². The number of fused-ring (bicyclic) bond motifs is 1. The number of methoxy groups -OCH3 is 1. The summed E-state index contributed by atoms with van der Waals surface area (Å²) in [6.07, 6.45) is 2.80. The highest BCUT2D eigenvalue weighted by Crippen LogP contribution is 2.38. The number of carbonyl (C=O) groups is 2. The normalized spacial score (nSPS) is 21.1. The van der Waals surface area contributed by atoms with Crippen LogP contribution in [0.1, 0.15) is 64.8 Å². The monoisotopic (exact) mass is 533 g/mol.